The summed E-state index contributed by atoms with van der Waals surface area (Å²) in [6.07, 6.45) is 0. The Hall–Kier alpha value is -2.62. The van der Waals surface area contributed by atoms with Crippen LogP contribution in [0.5, 0.6) is 5.75 Å². The van der Waals surface area contributed by atoms with Gasteiger partial charge in [-0.2, -0.15) is 0 Å². The van der Waals surface area contributed by atoms with E-state index in [-0.39, 0.29) is 24.0 Å². The molecule has 1 N–H and O–H groups in total. The third kappa shape index (κ3) is 5.99. The van der Waals surface area contributed by atoms with Gasteiger partial charge in [0.2, 0.25) is 10.0 Å². The monoisotopic (exact) mass is 461 g/mol. The van der Waals surface area contributed by atoms with Gasteiger partial charge >= 0.3 is 0 Å². The van der Waals surface area contributed by atoms with Gasteiger partial charge in [-0.3, -0.25) is 4.79 Å². The number of aryl methyl sites for hydroxylation is 1. The SMILES string of the molecule is COCCNS(=O)(=O)c1ccc(OCC(=O)N2CCN(c3cccc(C)c3C)CC2)cc1. The van der Waals surface area contributed by atoms with E-state index < -0.39 is 10.0 Å². The molecule has 0 saturated carbocycles. The van der Waals surface area contributed by atoms with Crippen molar-refractivity contribution in [3.8, 4) is 5.75 Å². The van der Waals surface area contributed by atoms with Crippen LogP contribution in [0.2, 0.25) is 0 Å². The van der Waals surface area contributed by atoms with E-state index in [2.05, 4.69) is 41.7 Å². The number of nitrogens with one attached hydrogen (secondary N) is 1. The Labute approximate surface area is 190 Å². The molecule has 0 unspecified atom stereocenters. The molecular weight excluding hydrogens is 430 g/mol. The summed E-state index contributed by atoms with van der Waals surface area (Å²) in [7, 11) is -2.09. The van der Waals surface area contributed by atoms with Gasteiger partial charge < -0.3 is 19.3 Å². The number of carbonyl (C=O) groups excluding carboxylic acids is 1. The lowest BCUT2D eigenvalue weighted by molar-refractivity contribution is -0.133. The van der Waals surface area contributed by atoms with Crippen LogP contribution in [0.15, 0.2) is 47.4 Å². The van der Waals surface area contributed by atoms with Crippen LogP contribution < -0.4 is 14.4 Å². The van der Waals surface area contributed by atoms with Crippen molar-refractivity contribution < 1.29 is 22.7 Å². The highest BCUT2D eigenvalue weighted by atomic mass is 32.2. The number of benzene rings is 2. The number of carbonyl (C=O) groups is 1. The molecule has 0 radical (unpaired) electrons. The Morgan fingerprint density at radius 2 is 1.72 bits per heavy atom. The van der Waals surface area contributed by atoms with Crippen molar-refractivity contribution in [2.45, 2.75) is 18.7 Å². The van der Waals surface area contributed by atoms with Crippen LogP contribution in [0.1, 0.15) is 11.1 Å². The summed E-state index contributed by atoms with van der Waals surface area (Å²) in [5.74, 6) is 0.367. The molecule has 1 aliphatic rings. The van der Waals surface area contributed by atoms with Gasteiger partial charge in [-0.25, -0.2) is 13.1 Å². The standard InChI is InChI=1S/C23H31N3O5S/c1-18-5-4-6-22(19(18)2)25-12-14-26(15-13-25)23(27)17-31-20-7-9-21(10-8-20)32(28,29)24-11-16-30-3/h4-10,24H,11-17H2,1-3H3. The van der Waals surface area contributed by atoms with E-state index in [1.807, 2.05) is 0 Å². The summed E-state index contributed by atoms with van der Waals surface area (Å²) in [4.78, 5) is 16.8. The Morgan fingerprint density at radius 1 is 1.03 bits per heavy atom. The molecular formula is C23H31N3O5S. The first kappa shape index (κ1) is 24.0. The Bertz CT molecular complexity index is 1020. The molecule has 2 aromatic rings. The minimum Gasteiger partial charge on any atom is -0.484 e. The Morgan fingerprint density at radius 3 is 2.38 bits per heavy atom. The highest BCUT2D eigenvalue weighted by Gasteiger charge is 2.22. The molecule has 0 aromatic heterocycles. The zero-order valence-electron chi connectivity index (χ0n) is 18.8. The lowest BCUT2D eigenvalue weighted by Gasteiger charge is -2.37. The van der Waals surface area contributed by atoms with Gasteiger partial charge in [0, 0.05) is 45.5 Å². The molecule has 0 atom stereocenters. The van der Waals surface area contributed by atoms with Crippen molar-refractivity contribution in [1.29, 1.82) is 0 Å². The zero-order chi connectivity index (χ0) is 23.1. The quantitative estimate of drug-likeness (QED) is 0.575. The number of anilines is 1. The van der Waals surface area contributed by atoms with E-state index in [0.717, 1.165) is 13.1 Å². The number of sulfonamides is 1. The summed E-state index contributed by atoms with van der Waals surface area (Å²) in [5.41, 5.74) is 3.76. The first-order valence-corrected chi connectivity index (χ1v) is 12.1. The number of ether oxygens (including phenoxy) is 2. The highest BCUT2D eigenvalue weighted by Crippen LogP contribution is 2.24. The van der Waals surface area contributed by atoms with Crippen LogP contribution >= 0.6 is 0 Å². The second-order valence-corrected chi connectivity index (χ2v) is 9.50. The van der Waals surface area contributed by atoms with E-state index in [1.165, 1.54) is 36.1 Å². The van der Waals surface area contributed by atoms with Crippen molar-refractivity contribution >= 4 is 21.6 Å². The second-order valence-electron chi connectivity index (χ2n) is 7.74. The molecule has 3 rings (SSSR count). The summed E-state index contributed by atoms with van der Waals surface area (Å²) >= 11 is 0. The maximum atomic E-state index is 12.6. The number of amides is 1. The number of piperazine rings is 1. The van der Waals surface area contributed by atoms with Crippen molar-refractivity contribution in [3.63, 3.8) is 0 Å². The van der Waals surface area contributed by atoms with Gasteiger partial charge in [-0.05, 0) is 55.3 Å². The molecule has 1 amide bonds. The zero-order valence-corrected chi connectivity index (χ0v) is 19.7. The maximum absolute atomic E-state index is 12.6. The van der Waals surface area contributed by atoms with Crippen LogP contribution in [0.3, 0.4) is 0 Å². The van der Waals surface area contributed by atoms with Crippen LogP contribution in [-0.4, -0.2) is 72.3 Å². The predicted molar refractivity (Wildman–Crippen MR) is 124 cm³/mol. The highest BCUT2D eigenvalue weighted by molar-refractivity contribution is 7.89. The normalized spacial score (nSPS) is 14.5. The molecule has 1 fully saturated rings. The largest absolute Gasteiger partial charge is 0.484 e. The third-order valence-electron chi connectivity index (χ3n) is 5.64. The van der Waals surface area contributed by atoms with E-state index in [4.69, 9.17) is 9.47 Å². The van der Waals surface area contributed by atoms with Crippen molar-refractivity contribution in [1.82, 2.24) is 9.62 Å². The lowest BCUT2D eigenvalue weighted by Crippen LogP contribution is -2.50. The molecule has 1 saturated heterocycles. The third-order valence-corrected chi connectivity index (χ3v) is 7.12. The molecule has 0 aliphatic carbocycles. The van der Waals surface area contributed by atoms with Crippen LogP contribution in [0.25, 0.3) is 0 Å². The average molecular weight is 462 g/mol. The van der Waals surface area contributed by atoms with E-state index in [1.54, 1.807) is 17.0 Å². The van der Waals surface area contributed by atoms with Crippen LogP contribution in [-0.2, 0) is 19.6 Å². The number of nitrogens with zero attached hydrogens (tertiary/aromatic N) is 2. The summed E-state index contributed by atoms with van der Waals surface area (Å²) in [5, 5.41) is 0. The topological polar surface area (TPSA) is 88.2 Å². The lowest BCUT2D eigenvalue weighted by atomic mass is 10.1. The number of hydrogen-bond acceptors (Lipinski definition) is 6. The van der Waals surface area contributed by atoms with Crippen molar-refractivity contribution in [3.05, 3.63) is 53.6 Å². The number of rotatable bonds is 9. The van der Waals surface area contributed by atoms with Gasteiger partial charge in [0.25, 0.3) is 5.91 Å². The van der Waals surface area contributed by atoms with E-state index in [9.17, 15) is 13.2 Å². The average Bonchev–Trinajstić information content (AvgIpc) is 2.80. The van der Waals surface area contributed by atoms with Crippen molar-refractivity contribution in [2.24, 2.45) is 0 Å². The molecule has 0 spiro atoms. The fraction of sp³-hybridized carbons (Fsp3) is 0.435. The number of hydrogen-bond donors (Lipinski definition) is 1. The second kappa shape index (κ2) is 10.8. The summed E-state index contributed by atoms with van der Waals surface area (Å²) < 4.78 is 37.3. The minimum absolute atomic E-state index is 0.0801. The summed E-state index contributed by atoms with van der Waals surface area (Å²) in [6.45, 7) is 7.47. The Kier molecular flexibility index (Phi) is 8.11. The van der Waals surface area contributed by atoms with Gasteiger partial charge in [-0.15, -0.1) is 0 Å². The van der Waals surface area contributed by atoms with E-state index in [0.29, 0.717) is 25.4 Å². The molecule has 1 aliphatic heterocycles. The van der Waals surface area contributed by atoms with Crippen molar-refractivity contribution in [2.75, 3.05) is 57.9 Å². The molecule has 174 valence electrons. The van der Waals surface area contributed by atoms with Gasteiger partial charge in [0.05, 0.1) is 11.5 Å². The predicted octanol–water partition coefficient (Wildman–Crippen LogP) is 1.96. The van der Waals surface area contributed by atoms with Crippen LogP contribution in [0, 0.1) is 13.8 Å². The molecule has 1 heterocycles. The van der Waals surface area contributed by atoms with Crippen LogP contribution in [0.4, 0.5) is 5.69 Å². The summed E-state index contributed by atoms with van der Waals surface area (Å²) in [6, 6.07) is 12.3. The first-order chi connectivity index (χ1) is 15.3. The van der Waals surface area contributed by atoms with Gasteiger partial charge in [0.1, 0.15) is 5.75 Å². The molecule has 0 bridgehead atoms. The molecule has 32 heavy (non-hydrogen) atoms. The maximum Gasteiger partial charge on any atom is 0.260 e. The molecule has 9 heteroatoms. The van der Waals surface area contributed by atoms with E-state index >= 15 is 0 Å². The molecule has 2 aromatic carbocycles. The Balaban J connectivity index is 1.48. The van der Waals surface area contributed by atoms with Gasteiger partial charge in [-0.1, -0.05) is 12.1 Å². The fourth-order valence-corrected chi connectivity index (χ4v) is 4.60. The van der Waals surface area contributed by atoms with Gasteiger partial charge in [0.15, 0.2) is 6.61 Å². The minimum atomic E-state index is -3.60. The smallest absolute Gasteiger partial charge is 0.260 e. The molecule has 8 nitrogen and oxygen atoms in total. The number of methoxy groups -OCH3 is 1. The fourth-order valence-electron chi connectivity index (χ4n) is 3.59. The first-order valence-electron chi connectivity index (χ1n) is 10.6.